The highest BCUT2D eigenvalue weighted by atomic mass is 16.2. The molecule has 0 unspecified atom stereocenters. The predicted molar refractivity (Wildman–Crippen MR) is 73.1 cm³/mol. The molecule has 1 aromatic carbocycles. The van der Waals surface area contributed by atoms with Gasteiger partial charge in [-0.25, -0.2) is 4.98 Å². The zero-order valence-electron chi connectivity index (χ0n) is 11.2. The first-order valence-corrected chi connectivity index (χ1v) is 6.48. The molecule has 1 aliphatic rings. The first-order valence-electron chi connectivity index (χ1n) is 6.48. The number of nitrogens with zero attached hydrogens (tertiary/aromatic N) is 4. The summed E-state index contributed by atoms with van der Waals surface area (Å²) < 4.78 is 2.09. The van der Waals surface area contributed by atoms with Crippen LogP contribution in [0, 0.1) is 18.3 Å². The molecule has 1 aliphatic heterocycles. The van der Waals surface area contributed by atoms with Crippen LogP contribution in [0.15, 0.2) is 36.7 Å². The lowest BCUT2D eigenvalue weighted by molar-refractivity contribution is 0.0517. The second-order valence-corrected chi connectivity index (χ2v) is 4.94. The summed E-state index contributed by atoms with van der Waals surface area (Å²) in [5, 5.41) is 8.87. The summed E-state index contributed by atoms with van der Waals surface area (Å²) in [5.41, 5.74) is 1.09. The molecule has 1 amide bonds. The van der Waals surface area contributed by atoms with E-state index in [0.717, 1.165) is 5.82 Å². The monoisotopic (exact) mass is 266 g/mol. The van der Waals surface area contributed by atoms with E-state index in [-0.39, 0.29) is 5.91 Å². The molecule has 0 bridgehead atoms. The van der Waals surface area contributed by atoms with Gasteiger partial charge in [-0.1, -0.05) is 6.07 Å². The van der Waals surface area contributed by atoms with Gasteiger partial charge >= 0.3 is 0 Å². The van der Waals surface area contributed by atoms with Crippen LogP contribution in [0.5, 0.6) is 0 Å². The number of amides is 1. The Balaban J connectivity index is 1.69. The average molecular weight is 266 g/mol. The lowest BCUT2D eigenvalue weighted by Gasteiger charge is -2.40. The minimum absolute atomic E-state index is 0.0175. The Morgan fingerprint density at radius 1 is 1.45 bits per heavy atom. The first kappa shape index (κ1) is 12.4. The Hall–Kier alpha value is -2.61. The van der Waals surface area contributed by atoms with Crippen LogP contribution in [0.3, 0.4) is 0 Å². The lowest BCUT2D eigenvalue weighted by atomic mass is 10.0. The van der Waals surface area contributed by atoms with Crippen molar-refractivity contribution in [1.29, 1.82) is 5.26 Å². The smallest absolute Gasteiger partial charge is 0.254 e. The zero-order chi connectivity index (χ0) is 14.1. The summed E-state index contributed by atoms with van der Waals surface area (Å²) in [6.07, 6.45) is 3.72. The third-order valence-electron chi connectivity index (χ3n) is 3.64. The molecule has 1 aromatic heterocycles. The zero-order valence-corrected chi connectivity index (χ0v) is 11.2. The van der Waals surface area contributed by atoms with E-state index >= 15 is 0 Å². The highest BCUT2D eigenvalue weighted by molar-refractivity contribution is 5.95. The first-order chi connectivity index (χ1) is 9.69. The number of carbonyl (C=O) groups excluding carboxylic acids is 1. The fraction of sp³-hybridized carbons (Fsp3) is 0.267. The van der Waals surface area contributed by atoms with Gasteiger partial charge in [-0.3, -0.25) is 4.79 Å². The summed E-state index contributed by atoms with van der Waals surface area (Å²) in [4.78, 5) is 18.3. The normalized spacial score (nSPS) is 14.7. The molecule has 100 valence electrons. The van der Waals surface area contributed by atoms with Gasteiger partial charge in [0, 0.05) is 31.0 Å². The van der Waals surface area contributed by atoms with Crippen molar-refractivity contribution >= 4 is 5.91 Å². The van der Waals surface area contributed by atoms with Gasteiger partial charge in [0.2, 0.25) is 0 Å². The maximum atomic E-state index is 12.3. The van der Waals surface area contributed by atoms with E-state index in [2.05, 4.69) is 15.6 Å². The van der Waals surface area contributed by atoms with Gasteiger partial charge in [0.15, 0.2) is 0 Å². The summed E-state index contributed by atoms with van der Waals surface area (Å²) in [5.74, 6) is 0.949. The molecule has 0 atom stereocenters. The second kappa shape index (κ2) is 4.82. The van der Waals surface area contributed by atoms with Crippen LogP contribution < -0.4 is 0 Å². The standard InChI is InChI=1S/C15H14N4O/c1-11-17-5-6-19(11)14-9-18(10-14)15(20)13-4-2-3-12(7-13)8-16/h2-7,14H,9-10H2,1H3. The SMILES string of the molecule is Cc1nccn1C1CN(C(=O)c2cccc(C#N)c2)C1. The molecular formula is C15H14N4O. The number of benzene rings is 1. The van der Waals surface area contributed by atoms with Gasteiger partial charge in [0.25, 0.3) is 5.91 Å². The molecule has 2 aromatic rings. The van der Waals surface area contributed by atoms with Gasteiger partial charge in [0.05, 0.1) is 17.7 Å². The molecule has 0 N–H and O–H groups in total. The molecule has 0 radical (unpaired) electrons. The van der Waals surface area contributed by atoms with Crippen LogP contribution in [0.2, 0.25) is 0 Å². The van der Waals surface area contributed by atoms with Crippen LogP contribution in [0.4, 0.5) is 0 Å². The van der Waals surface area contributed by atoms with Crippen LogP contribution in [0.1, 0.15) is 27.8 Å². The van der Waals surface area contributed by atoms with Crippen molar-refractivity contribution in [2.24, 2.45) is 0 Å². The van der Waals surface area contributed by atoms with Crippen LogP contribution in [-0.4, -0.2) is 33.4 Å². The van der Waals surface area contributed by atoms with E-state index in [0.29, 0.717) is 30.3 Å². The number of aryl methyl sites for hydroxylation is 1. The molecule has 5 nitrogen and oxygen atoms in total. The predicted octanol–water partition coefficient (Wildman–Crippen LogP) is 1.76. The van der Waals surface area contributed by atoms with Gasteiger partial charge in [-0.15, -0.1) is 0 Å². The van der Waals surface area contributed by atoms with E-state index in [1.807, 2.05) is 13.1 Å². The summed E-state index contributed by atoms with van der Waals surface area (Å²) >= 11 is 0. The fourth-order valence-electron chi connectivity index (χ4n) is 2.47. The summed E-state index contributed by atoms with van der Waals surface area (Å²) in [7, 11) is 0. The van der Waals surface area contributed by atoms with Crippen LogP contribution >= 0.6 is 0 Å². The Kier molecular flexibility index (Phi) is 2.99. The maximum Gasteiger partial charge on any atom is 0.254 e. The van der Waals surface area contributed by atoms with E-state index in [9.17, 15) is 4.79 Å². The number of nitriles is 1. The lowest BCUT2D eigenvalue weighted by Crippen LogP contribution is -2.50. The van der Waals surface area contributed by atoms with Crippen molar-refractivity contribution in [3.05, 3.63) is 53.6 Å². The quantitative estimate of drug-likeness (QED) is 0.832. The van der Waals surface area contributed by atoms with E-state index < -0.39 is 0 Å². The molecular weight excluding hydrogens is 252 g/mol. The molecule has 2 heterocycles. The van der Waals surface area contributed by atoms with Crippen LogP contribution in [-0.2, 0) is 0 Å². The number of likely N-dealkylation sites (tertiary alicyclic amines) is 1. The molecule has 5 heteroatoms. The van der Waals surface area contributed by atoms with Gasteiger partial charge in [-0.2, -0.15) is 5.26 Å². The van der Waals surface area contributed by atoms with Crippen molar-refractivity contribution < 1.29 is 4.79 Å². The molecule has 1 saturated heterocycles. The summed E-state index contributed by atoms with van der Waals surface area (Å²) in [6, 6.07) is 9.18. The van der Waals surface area contributed by atoms with Crippen molar-refractivity contribution in [2.75, 3.05) is 13.1 Å². The third kappa shape index (κ3) is 2.05. The highest BCUT2D eigenvalue weighted by Gasteiger charge is 2.32. The largest absolute Gasteiger partial charge is 0.334 e. The van der Waals surface area contributed by atoms with Gasteiger partial charge in [-0.05, 0) is 25.1 Å². The molecule has 0 aliphatic carbocycles. The minimum Gasteiger partial charge on any atom is -0.334 e. The number of rotatable bonds is 2. The molecule has 3 rings (SSSR count). The van der Waals surface area contributed by atoms with Crippen molar-refractivity contribution in [2.45, 2.75) is 13.0 Å². The molecule has 20 heavy (non-hydrogen) atoms. The highest BCUT2D eigenvalue weighted by Crippen LogP contribution is 2.24. The number of imidazole rings is 1. The Morgan fingerprint density at radius 2 is 2.25 bits per heavy atom. The Morgan fingerprint density at radius 3 is 2.90 bits per heavy atom. The number of carbonyl (C=O) groups is 1. The molecule has 0 spiro atoms. The van der Waals surface area contributed by atoms with Crippen molar-refractivity contribution in [1.82, 2.24) is 14.5 Å². The maximum absolute atomic E-state index is 12.3. The van der Waals surface area contributed by atoms with Crippen molar-refractivity contribution in [3.63, 3.8) is 0 Å². The Bertz CT molecular complexity index is 692. The number of aromatic nitrogens is 2. The average Bonchev–Trinajstić information content (AvgIpc) is 2.83. The third-order valence-corrected chi connectivity index (χ3v) is 3.64. The van der Waals surface area contributed by atoms with E-state index in [4.69, 9.17) is 5.26 Å². The second-order valence-electron chi connectivity index (χ2n) is 4.94. The van der Waals surface area contributed by atoms with E-state index in [1.54, 1.807) is 35.4 Å². The van der Waals surface area contributed by atoms with Gasteiger partial charge < -0.3 is 9.47 Å². The topological polar surface area (TPSA) is 61.9 Å². The summed E-state index contributed by atoms with van der Waals surface area (Å²) in [6.45, 7) is 3.33. The minimum atomic E-state index is -0.0175. The molecule has 1 fully saturated rings. The number of hydrogen-bond donors (Lipinski definition) is 0. The van der Waals surface area contributed by atoms with Crippen LogP contribution in [0.25, 0.3) is 0 Å². The van der Waals surface area contributed by atoms with E-state index in [1.165, 1.54) is 0 Å². The van der Waals surface area contributed by atoms with Crippen molar-refractivity contribution in [3.8, 4) is 6.07 Å². The fourth-order valence-corrected chi connectivity index (χ4v) is 2.47. The number of hydrogen-bond acceptors (Lipinski definition) is 3. The van der Waals surface area contributed by atoms with Gasteiger partial charge in [0.1, 0.15) is 5.82 Å². The Labute approximate surface area is 117 Å². The molecule has 0 saturated carbocycles.